The van der Waals surface area contributed by atoms with Gasteiger partial charge in [-0.3, -0.25) is 0 Å². The van der Waals surface area contributed by atoms with Gasteiger partial charge in [0.2, 0.25) is 0 Å². The molecule has 0 fully saturated rings. The van der Waals surface area contributed by atoms with Crippen LogP contribution in [0.25, 0.3) is 98.8 Å². The Morgan fingerprint density at radius 1 is 0.367 bits per heavy atom. The van der Waals surface area contributed by atoms with Crippen LogP contribution in [0.2, 0.25) is 0 Å². The summed E-state index contributed by atoms with van der Waals surface area (Å²) in [6.45, 7) is 0. The molecule has 0 aliphatic heterocycles. The minimum atomic E-state index is -0.429. The second-order valence-electron chi connectivity index (χ2n) is 12.2. The first-order valence-electron chi connectivity index (χ1n) is 20.2. The standard InChI is InChI=1S/C48H30O/c1-2-13-33(14-3-1)43-29-35(30-45-48(43)42-22-10-11-24-44(42)49-45)31-25-27-34(28-26-31)46-38-18-6-8-20-40(38)47(41-21-9-7-19-39(41)46)37-23-12-16-32-15-4-5-17-36(32)37/h1-30H/i6D,7D,8D,9D,18D,19D,20D,21D. The minimum Gasteiger partial charge on any atom is -0.456 e. The molecule has 0 atom stereocenters. The molecular formula is C48H30O. The number of para-hydroxylation sites is 1. The van der Waals surface area contributed by atoms with Crippen molar-refractivity contribution in [3.63, 3.8) is 0 Å². The zero-order chi connectivity index (χ0) is 39.3. The van der Waals surface area contributed by atoms with Crippen molar-refractivity contribution >= 4 is 54.3 Å². The van der Waals surface area contributed by atoms with E-state index in [0.717, 1.165) is 55.0 Å². The van der Waals surface area contributed by atoms with Gasteiger partial charge in [-0.1, -0.05) is 164 Å². The zero-order valence-electron chi connectivity index (χ0n) is 34.1. The van der Waals surface area contributed by atoms with E-state index in [1.165, 1.54) is 0 Å². The Balaban J connectivity index is 1.29. The molecule has 0 saturated carbocycles. The van der Waals surface area contributed by atoms with Crippen molar-refractivity contribution in [3.8, 4) is 44.5 Å². The first kappa shape index (κ1) is 20.7. The number of rotatable bonds is 4. The first-order chi connectivity index (χ1) is 27.6. The lowest BCUT2D eigenvalue weighted by molar-refractivity contribution is 0.669. The van der Waals surface area contributed by atoms with Gasteiger partial charge in [0.25, 0.3) is 0 Å². The lowest BCUT2D eigenvalue weighted by Crippen LogP contribution is -1.91. The third kappa shape index (κ3) is 4.40. The number of benzene rings is 9. The van der Waals surface area contributed by atoms with Crippen molar-refractivity contribution < 1.29 is 15.4 Å². The Bertz CT molecular complexity index is 3230. The van der Waals surface area contributed by atoms with Crippen LogP contribution in [0.5, 0.6) is 0 Å². The maximum Gasteiger partial charge on any atom is 0.136 e. The van der Waals surface area contributed by atoms with Crippen LogP contribution in [0.15, 0.2) is 186 Å². The summed E-state index contributed by atoms with van der Waals surface area (Å²) < 4.78 is 78.9. The average Bonchev–Trinajstić information content (AvgIpc) is 3.63. The first-order valence-corrected chi connectivity index (χ1v) is 16.2. The summed E-state index contributed by atoms with van der Waals surface area (Å²) in [5.41, 5.74) is 7.15. The van der Waals surface area contributed by atoms with Crippen LogP contribution in [0.1, 0.15) is 11.0 Å². The highest BCUT2D eigenvalue weighted by Crippen LogP contribution is 2.46. The van der Waals surface area contributed by atoms with Crippen LogP contribution in [0.3, 0.4) is 0 Å². The van der Waals surface area contributed by atoms with E-state index >= 15 is 0 Å². The van der Waals surface area contributed by atoms with E-state index in [-0.39, 0.29) is 45.7 Å². The van der Waals surface area contributed by atoms with Gasteiger partial charge < -0.3 is 4.42 Å². The molecule has 0 amide bonds. The summed E-state index contributed by atoms with van der Waals surface area (Å²) in [5, 5.41) is 4.46. The van der Waals surface area contributed by atoms with Crippen molar-refractivity contribution in [3.05, 3.63) is 182 Å². The van der Waals surface area contributed by atoms with Crippen molar-refractivity contribution in [2.24, 2.45) is 0 Å². The van der Waals surface area contributed by atoms with E-state index < -0.39 is 24.2 Å². The van der Waals surface area contributed by atoms with Crippen LogP contribution in [0.4, 0.5) is 0 Å². The van der Waals surface area contributed by atoms with Gasteiger partial charge in [0, 0.05) is 10.8 Å². The maximum absolute atomic E-state index is 9.34. The Kier molecular flexibility index (Phi) is 4.69. The monoisotopic (exact) mass is 630 g/mol. The zero-order valence-corrected chi connectivity index (χ0v) is 26.1. The molecule has 0 N–H and O–H groups in total. The highest BCUT2D eigenvalue weighted by Gasteiger charge is 2.19. The Labute approximate surface area is 295 Å². The predicted octanol–water partition coefficient (Wildman–Crippen LogP) is 13.7. The highest BCUT2D eigenvalue weighted by atomic mass is 16.3. The fourth-order valence-corrected chi connectivity index (χ4v) is 7.32. The fraction of sp³-hybridized carbons (Fsp3) is 0. The van der Waals surface area contributed by atoms with E-state index in [2.05, 4.69) is 24.3 Å². The molecule has 228 valence electrons. The van der Waals surface area contributed by atoms with Crippen molar-refractivity contribution in [1.29, 1.82) is 0 Å². The molecule has 0 saturated heterocycles. The highest BCUT2D eigenvalue weighted by molar-refractivity contribution is 6.23. The summed E-state index contributed by atoms with van der Waals surface area (Å²) in [6.07, 6.45) is 0. The molecule has 10 aromatic rings. The average molecular weight is 631 g/mol. The summed E-state index contributed by atoms with van der Waals surface area (Å²) in [5.74, 6) is 0. The topological polar surface area (TPSA) is 13.1 Å². The lowest BCUT2D eigenvalue weighted by atomic mass is 9.84. The molecule has 1 heterocycles. The Morgan fingerprint density at radius 3 is 1.69 bits per heavy atom. The smallest absolute Gasteiger partial charge is 0.136 e. The van der Waals surface area contributed by atoms with Gasteiger partial charge in [0.1, 0.15) is 11.2 Å². The summed E-state index contributed by atoms with van der Waals surface area (Å²) >= 11 is 0. The fourth-order valence-electron chi connectivity index (χ4n) is 7.32. The van der Waals surface area contributed by atoms with Crippen LogP contribution >= 0.6 is 0 Å². The van der Waals surface area contributed by atoms with Crippen LogP contribution in [-0.4, -0.2) is 0 Å². The second kappa shape index (κ2) is 11.1. The molecule has 0 spiro atoms. The summed E-state index contributed by atoms with van der Waals surface area (Å²) in [4.78, 5) is 0. The SMILES string of the molecule is [2H]c1c([2H])c([2H])c2c(-c3cccc4ccccc34)c3c([2H])c([2H])c([2H])c([2H])c3c(-c3ccc(-c4cc(-c5ccccc5)c5c(c4)oc4ccccc45)cc3)c2c1[2H]. The molecule has 0 aliphatic rings. The van der Waals surface area contributed by atoms with E-state index in [1.54, 1.807) is 0 Å². The molecule has 0 aliphatic carbocycles. The largest absolute Gasteiger partial charge is 0.456 e. The van der Waals surface area contributed by atoms with Crippen molar-refractivity contribution in [2.75, 3.05) is 0 Å². The molecule has 0 radical (unpaired) electrons. The molecule has 1 heteroatoms. The molecule has 1 aromatic heterocycles. The third-order valence-corrected chi connectivity index (χ3v) is 9.50. The molecule has 49 heavy (non-hydrogen) atoms. The van der Waals surface area contributed by atoms with Gasteiger partial charge in [-0.05, 0) is 95.0 Å². The normalized spacial score (nSPS) is 14.0. The summed E-state index contributed by atoms with van der Waals surface area (Å²) in [6, 6.07) is 40.3. The molecule has 9 aromatic carbocycles. The van der Waals surface area contributed by atoms with Crippen molar-refractivity contribution in [1.82, 2.24) is 0 Å². The van der Waals surface area contributed by atoms with Gasteiger partial charge >= 0.3 is 0 Å². The number of hydrogen-bond acceptors (Lipinski definition) is 1. The van der Waals surface area contributed by atoms with Crippen LogP contribution < -0.4 is 0 Å². The van der Waals surface area contributed by atoms with E-state index in [0.29, 0.717) is 22.3 Å². The van der Waals surface area contributed by atoms with Crippen LogP contribution in [0, 0.1) is 0 Å². The van der Waals surface area contributed by atoms with Gasteiger partial charge in [-0.15, -0.1) is 0 Å². The van der Waals surface area contributed by atoms with Crippen molar-refractivity contribution in [2.45, 2.75) is 0 Å². The molecule has 1 nitrogen and oxygen atoms in total. The molecule has 10 rings (SSSR count). The van der Waals surface area contributed by atoms with Gasteiger partial charge in [-0.2, -0.15) is 0 Å². The van der Waals surface area contributed by atoms with Crippen LogP contribution in [-0.2, 0) is 0 Å². The van der Waals surface area contributed by atoms with E-state index in [1.807, 2.05) is 109 Å². The molecular weight excluding hydrogens is 593 g/mol. The number of fused-ring (bicyclic) bond motifs is 6. The van der Waals surface area contributed by atoms with Gasteiger partial charge in [-0.25, -0.2) is 0 Å². The Morgan fingerprint density at radius 2 is 0.959 bits per heavy atom. The second-order valence-corrected chi connectivity index (χ2v) is 12.2. The van der Waals surface area contributed by atoms with Gasteiger partial charge in [0.05, 0.1) is 11.0 Å². The predicted molar refractivity (Wildman–Crippen MR) is 208 cm³/mol. The third-order valence-electron chi connectivity index (χ3n) is 9.50. The maximum atomic E-state index is 9.34. The summed E-state index contributed by atoms with van der Waals surface area (Å²) in [7, 11) is 0. The molecule has 0 bridgehead atoms. The quantitative estimate of drug-likeness (QED) is 0.176. The number of furan rings is 1. The minimum absolute atomic E-state index is 0.185. The number of hydrogen-bond donors (Lipinski definition) is 0. The van der Waals surface area contributed by atoms with Gasteiger partial charge in [0.15, 0.2) is 0 Å². The lowest BCUT2D eigenvalue weighted by Gasteiger charge is -2.19. The molecule has 0 unspecified atom stereocenters. The van der Waals surface area contributed by atoms with E-state index in [4.69, 9.17) is 9.90 Å². The Hall–Kier alpha value is -6.44. The van der Waals surface area contributed by atoms with E-state index in [9.17, 15) is 5.48 Å².